The lowest BCUT2D eigenvalue weighted by Gasteiger charge is -2.35. The van der Waals surface area contributed by atoms with E-state index in [1.165, 1.54) is 30.6 Å². The average molecular weight is 394 g/mol. The summed E-state index contributed by atoms with van der Waals surface area (Å²) < 4.78 is 14.6. The van der Waals surface area contributed by atoms with Gasteiger partial charge in [-0.3, -0.25) is 9.59 Å². The number of amides is 2. The van der Waals surface area contributed by atoms with E-state index in [0.29, 0.717) is 38.2 Å². The summed E-state index contributed by atoms with van der Waals surface area (Å²) in [6.45, 7) is 1.88. The van der Waals surface area contributed by atoms with Crippen LogP contribution in [-0.2, 0) is 11.2 Å². The van der Waals surface area contributed by atoms with E-state index in [1.807, 2.05) is 24.3 Å². The number of piperazine rings is 1. The highest BCUT2D eigenvalue weighted by Crippen LogP contribution is 2.13. The Hall–Kier alpha value is -3.62. The molecule has 0 aliphatic carbocycles. The molecule has 0 spiro atoms. The Balaban J connectivity index is 1.31. The van der Waals surface area contributed by atoms with Gasteiger partial charge in [0.1, 0.15) is 12.1 Å². The molecule has 1 saturated heterocycles. The maximum Gasteiger partial charge on any atom is 0.253 e. The van der Waals surface area contributed by atoms with Crippen molar-refractivity contribution in [1.82, 2.24) is 30.0 Å². The number of carbonyl (C=O) groups excluding carboxylic acids is 2. The summed E-state index contributed by atoms with van der Waals surface area (Å²) in [4.78, 5) is 28.6. The monoisotopic (exact) mass is 394 g/mol. The van der Waals surface area contributed by atoms with Crippen molar-refractivity contribution in [1.29, 1.82) is 0 Å². The van der Waals surface area contributed by atoms with E-state index in [4.69, 9.17) is 0 Å². The molecular formula is C20H19FN6O2. The summed E-state index contributed by atoms with van der Waals surface area (Å²) in [6.07, 6.45) is 1.80. The predicted molar refractivity (Wildman–Crippen MR) is 102 cm³/mol. The molecule has 2 amide bonds. The van der Waals surface area contributed by atoms with Gasteiger partial charge in [-0.1, -0.05) is 12.1 Å². The van der Waals surface area contributed by atoms with Crippen LogP contribution < -0.4 is 0 Å². The van der Waals surface area contributed by atoms with E-state index >= 15 is 0 Å². The molecule has 1 aliphatic rings. The molecule has 0 radical (unpaired) electrons. The Kier molecular flexibility index (Phi) is 5.28. The number of benzene rings is 2. The van der Waals surface area contributed by atoms with Crippen LogP contribution in [-0.4, -0.2) is 68.0 Å². The molecule has 1 aromatic heterocycles. The molecule has 2 heterocycles. The molecule has 0 saturated carbocycles. The molecule has 9 heteroatoms. The zero-order valence-corrected chi connectivity index (χ0v) is 15.6. The lowest BCUT2D eigenvalue weighted by Crippen LogP contribution is -2.51. The molecule has 29 heavy (non-hydrogen) atoms. The van der Waals surface area contributed by atoms with Crippen molar-refractivity contribution < 1.29 is 14.0 Å². The number of halogens is 1. The van der Waals surface area contributed by atoms with Gasteiger partial charge in [-0.05, 0) is 52.4 Å². The van der Waals surface area contributed by atoms with Gasteiger partial charge in [0.2, 0.25) is 5.91 Å². The van der Waals surface area contributed by atoms with Crippen LogP contribution in [0.2, 0.25) is 0 Å². The third kappa shape index (κ3) is 4.29. The van der Waals surface area contributed by atoms with E-state index in [-0.39, 0.29) is 17.6 Å². The normalized spacial score (nSPS) is 14.1. The van der Waals surface area contributed by atoms with Crippen LogP contribution in [0.15, 0.2) is 54.9 Å². The van der Waals surface area contributed by atoms with Crippen molar-refractivity contribution in [3.8, 4) is 5.69 Å². The Morgan fingerprint density at radius 2 is 1.55 bits per heavy atom. The molecule has 4 rings (SSSR count). The first kappa shape index (κ1) is 18.7. The van der Waals surface area contributed by atoms with Crippen LogP contribution in [0.1, 0.15) is 15.9 Å². The fraction of sp³-hybridized carbons (Fsp3) is 0.250. The Morgan fingerprint density at radius 1 is 0.897 bits per heavy atom. The number of hydrogen-bond acceptors (Lipinski definition) is 5. The number of rotatable bonds is 4. The molecule has 148 valence electrons. The summed E-state index contributed by atoms with van der Waals surface area (Å²) in [6, 6.07) is 13.0. The molecule has 8 nitrogen and oxygen atoms in total. The topological polar surface area (TPSA) is 84.2 Å². The van der Waals surface area contributed by atoms with Crippen molar-refractivity contribution in [3.63, 3.8) is 0 Å². The maximum absolute atomic E-state index is 13.0. The molecular weight excluding hydrogens is 375 g/mol. The molecule has 0 atom stereocenters. The zero-order chi connectivity index (χ0) is 20.2. The summed E-state index contributed by atoms with van der Waals surface area (Å²) in [5, 5.41) is 11.0. The largest absolute Gasteiger partial charge is 0.339 e. The smallest absolute Gasteiger partial charge is 0.253 e. The Labute approximate surface area is 166 Å². The third-order valence-corrected chi connectivity index (χ3v) is 4.92. The molecule has 0 N–H and O–H groups in total. The van der Waals surface area contributed by atoms with Gasteiger partial charge in [-0.2, -0.15) is 0 Å². The van der Waals surface area contributed by atoms with Gasteiger partial charge in [0.25, 0.3) is 5.91 Å². The van der Waals surface area contributed by atoms with Crippen LogP contribution >= 0.6 is 0 Å². The highest BCUT2D eigenvalue weighted by Gasteiger charge is 2.24. The van der Waals surface area contributed by atoms with Crippen molar-refractivity contribution in [3.05, 3.63) is 71.8 Å². The van der Waals surface area contributed by atoms with Gasteiger partial charge in [0, 0.05) is 31.7 Å². The number of carbonyl (C=O) groups is 2. The van der Waals surface area contributed by atoms with E-state index in [2.05, 4.69) is 15.5 Å². The maximum atomic E-state index is 13.0. The second-order valence-corrected chi connectivity index (χ2v) is 6.78. The number of hydrogen-bond donors (Lipinski definition) is 0. The van der Waals surface area contributed by atoms with Crippen molar-refractivity contribution in [2.75, 3.05) is 26.2 Å². The van der Waals surface area contributed by atoms with Crippen molar-refractivity contribution >= 4 is 11.8 Å². The molecule has 2 aromatic carbocycles. The van der Waals surface area contributed by atoms with Crippen LogP contribution in [0, 0.1) is 5.82 Å². The van der Waals surface area contributed by atoms with Crippen LogP contribution in [0.5, 0.6) is 0 Å². The van der Waals surface area contributed by atoms with E-state index in [9.17, 15) is 14.0 Å². The second kappa shape index (κ2) is 8.17. The quantitative estimate of drug-likeness (QED) is 0.667. The second-order valence-electron chi connectivity index (χ2n) is 6.78. The fourth-order valence-electron chi connectivity index (χ4n) is 3.27. The summed E-state index contributed by atoms with van der Waals surface area (Å²) in [5.41, 5.74) is 2.17. The molecule has 1 aliphatic heterocycles. The lowest BCUT2D eigenvalue weighted by atomic mass is 10.1. The Bertz CT molecular complexity index is 981. The van der Waals surface area contributed by atoms with Gasteiger partial charge in [-0.15, -0.1) is 5.10 Å². The summed E-state index contributed by atoms with van der Waals surface area (Å²) in [5.74, 6) is -0.493. The average Bonchev–Trinajstić information content (AvgIpc) is 3.29. The van der Waals surface area contributed by atoms with Crippen molar-refractivity contribution in [2.45, 2.75) is 6.42 Å². The minimum absolute atomic E-state index is 0.0223. The first-order valence-electron chi connectivity index (χ1n) is 9.25. The summed E-state index contributed by atoms with van der Waals surface area (Å²) >= 11 is 0. The van der Waals surface area contributed by atoms with E-state index in [1.54, 1.807) is 14.5 Å². The van der Waals surface area contributed by atoms with Crippen LogP contribution in [0.3, 0.4) is 0 Å². The number of nitrogens with zero attached hydrogens (tertiary/aromatic N) is 6. The highest BCUT2D eigenvalue weighted by atomic mass is 19.1. The molecule has 1 fully saturated rings. The van der Waals surface area contributed by atoms with Crippen LogP contribution in [0.25, 0.3) is 5.69 Å². The SMILES string of the molecule is O=C(Cc1ccc(-n2cnnn2)cc1)N1CCN(C(=O)c2ccc(F)cc2)CC1. The van der Waals surface area contributed by atoms with Gasteiger partial charge < -0.3 is 9.80 Å². The standard InChI is InChI=1S/C20H19FN6O2/c21-17-5-3-16(4-6-17)20(29)26-11-9-25(10-12-26)19(28)13-15-1-7-18(8-2-15)27-14-22-23-24-27/h1-8,14H,9-13H2. The van der Waals surface area contributed by atoms with Crippen LogP contribution in [0.4, 0.5) is 4.39 Å². The van der Waals surface area contributed by atoms with Gasteiger partial charge >= 0.3 is 0 Å². The van der Waals surface area contributed by atoms with Gasteiger partial charge in [0.05, 0.1) is 12.1 Å². The zero-order valence-electron chi connectivity index (χ0n) is 15.6. The fourth-order valence-corrected chi connectivity index (χ4v) is 3.27. The summed E-state index contributed by atoms with van der Waals surface area (Å²) in [7, 11) is 0. The highest BCUT2D eigenvalue weighted by molar-refractivity contribution is 5.94. The predicted octanol–water partition coefficient (Wildman–Crippen LogP) is 1.33. The third-order valence-electron chi connectivity index (χ3n) is 4.92. The molecule has 0 unspecified atom stereocenters. The minimum atomic E-state index is -0.372. The van der Waals surface area contributed by atoms with E-state index in [0.717, 1.165) is 11.3 Å². The van der Waals surface area contributed by atoms with Gasteiger partial charge in [-0.25, -0.2) is 9.07 Å². The first-order valence-corrected chi connectivity index (χ1v) is 9.25. The van der Waals surface area contributed by atoms with E-state index < -0.39 is 0 Å². The molecule has 3 aromatic rings. The van der Waals surface area contributed by atoms with Gasteiger partial charge in [0.15, 0.2) is 0 Å². The minimum Gasteiger partial charge on any atom is -0.339 e. The lowest BCUT2D eigenvalue weighted by molar-refractivity contribution is -0.131. The first-order chi connectivity index (χ1) is 14.1. The van der Waals surface area contributed by atoms with Crippen molar-refractivity contribution in [2.24, 2.45) is 0 Å². The number of tetrazole rings is 1. The Morgan fingerprint density at radius 3 is 2.17 bits per heavy atom. The molecule has 0 bridgehead atoms. The number of aromatic nitrogens is 4.